The molecule has 0 bridgehead atoms. The van der Waals surface area contributed by atoms with Crippen LogP contribution in [0.2, 0.25) is 5.15 Å². The predicted octanol–water partition coefficient (Wildman–Crippen LogP) is 2.69. The number of halogens is 1. The van der Waals surface area contributed by atoms with Crippen molar-refractivity contribution in [1.29, 1.82) is 0 Å². The van der Waals surface area contributed by atoms with Crippen molar-refractivity contribution >= 4 is 23.2 Å². The molecule has 0 spiro atoms. The van der Waals surface area contributed by atoms with Crippen LogP contribution in [0.4, 0.5) is 5.69 Å². The van der Waals surface area contributed by atoms with Crippen molar-refractivity contribution in [2.24, 2.45) is 0 Å². The van der Waals surface area contributed by atoms with Gasteiger partial charge in [0.2, 0.25) is 0 Å². The number of rotatable bonds is 2. The Morgan fingerprint density at radius 3 is 2.65 bits per heavy atom. The topological polar surface area (TPSA) is 54.9 Å². The van der Waals surface area contributed by atoms with Gasteiger partial charge >= 0.3 is 0 Å². The van der Waals surface area contributed by atoms with Crippen LogP contribution in [0.5, 0.6) is 0 Å². The molecule has 1 N–H and O–H groups in total. The van der Waals surface area contributed by atoms with Crippen LogP contribution in [0.25, 0.3) is 0 Å². The molecule has 0 fully saturated rings. The number of aryl methyl sites for hydroxylation is 1. The first-order valence-corrected chi connectivity index (χ1v) is 5.38. The Morgan fingerprint density at radius 2 is 2.00 bits per heavy atom. The molecule has 2 aromatic heterocycles. The van der Waals surface area contributed by atoms with Crippen LogP contribution in [-0.2, 0) is 0 Å². The van der Waals surface area contributed by atoms with Gasteiger partial charge in [-0.1, -0.05) is 11.6 Å². The van der Waals surface area contributed by atoms with Crippen LogP contribution in [0.1, 0.15) is 16.1 Å². The fourth-order valence-corrected chi connectivity index (χ4v) is 1.65. The van der Waals surface area contributed by atoms with E-state index in [0.29, 0.717) is 22.1 Å². The average molecular weight is 248 g/mol. The number of carbonyl (C=O) groups excluding carboxylic acids is 1. The third-order valence-electron chi connectivity index (χ3n) is 2.12. The molecule has 4 nitrogen and oxygen atoms in total. The minimum Gasteiger partial charge on any atom is -0.322 e. The minimum atomic E-state index is -0.219. The zero-order chi connectivity index (χ0) is 12.3. The molecule has 1 amide bonds. The molecule has 0 atom stereocenters. The van der Waals surface area contributed by atoms with Gasteiger partial charge in [-0.25, -0.2) is 4.98 Å². The van der Waals surface area contributed by atoms with Crippen molar-refractivity contribution in [1.82, 2.24) is 9.97 Å². The van der Waals surface area contributed by atoms with Crippen molar-refractivity contribution in [2.45, 2.75) is 6.92 Å². The number of amides is 1. The fourth-order valence-electron chi connectivity index (χ4n) is 1.40. The minimum absolute atomic E-state index is 0.219. The van der Waals surface area contributed by atoms with Crippen LogP contribution >= 0.6 is 11.6 Å². The molecule has 86 valence electrons. The molecule has 0 aliphatic carbocycles. The van der Waals surface area contributed by atoms with E-state index in [4.69, 9.17) is 11.6 Å². The van der Waals surface area contributed by atoms with Gasteiger partial charge in [0.25, 0.3) is 5.91 Å². The zero-order valence-electron chi connectivity index (χ0n) is 9.14. The lowest BCUT2D eigenvalue weighted by Gasteiger charge is -2.05. The largest absolute Gasteiger partial charge is 0.322 e. The SMILES string of the molecule is Cc1cc(C(=O)Nc2ccncc2)cc(Cl)n1. The van der Waals surface area contributed by atoms with Crippen molar-refractivity contribution in [3.63, 3.8) is 0 Å². The monoisotopic (exact) mass is 247 g/mol. The second kappa shape index (κ2) is 4.93. The van der Waals surface area contributed by atoms with Crippen LogP contribution in [0, 0.1) is 6.92 Å². The van der Waals surface area contributed by atoms with E-state index in [1.165, 1.54) is 6.07 Å². The quantitative estimate of drug-likeness (QED) is 0.830. The summed E-state index contributed by atoms with van der Waals surface area (Å²) in [5, 5.41) is 3.06. The standard InChI is InChI=1S/C12H10ClN3O/c1-8-6-9(7-11(13)15-8)12(17)16-10-2-4-14-5-3-10/h2-7H,1H3,(H,14,16,17). The number of carbonyl (C=O) groups is 1. The summed E-state index contributed by atoms with van der Waals surface area (Å²) in [6.45, 7) is 1.79. The first kappa shape index (κ1) is 11.5. The number of aromatic nitrogens is 2. The van der Waals surface area contributed by atoms with Gasteiger partial charge in [-0.15, -0.1) is 0 Å². The lowest BCUT2D eigenvalue weighted by Crippen LogP contribution is -2.12. The maximum absolute atomic E-state index is 11.9. The Balaban J connectivity index is 2.20. The van der Waals surface area contributed by atoms with Gasteiger partial charge in [0.05, 0.1) is 0 Å². The normalized spacial score (nSPS) is 10.0. The van der Waals surface area contributed by atoms with E-state index >= 15 is 0 Å². The summed E-state index contributed by atoms with van der Waals surface area (Å²) in [4.78, 5) is 19.8. The van der Waals surface area contributed by atoms with E-state index in [0.717, 1.165) is 0 Å². The molecule has 0 saturated carbocycles. The Kier molecular flexibility index (Phi) is 3.35. The highest BCUT2D eigenvalue weighted by Gasteiger charge is 2.08. The van der Waals surface area contributed by atoms with Gasteiger partial charge in [0, 0.05) is 29.3 Å². The second-order valence-electron chi connectivity index (χ2n) is 3.51. The molecule has 0 radical (unpaired) electrons. The number of pyridine rings is 2. The van der Waals surface area contributed by atoms with Crippen molar-refractivity contribution < 1.29 is 4.79 Å². The van der Waals surface area contributed by atoms with E-state index in [1.54, 1.807) is 37.5 Å². The Morgan fingerprint density at radius 1 is 1.29 bits per heavy atom. The van der Waals surface area contributed by atoms with Crippen LogP contribution in [0.15, 0.2) is 36.7 Å². The highest BCUT2D eigenvalue weighted by atomic mass is 35.5. The molecule has 2 aromatic rings. The van der Waals surface area contributed by atoms with Crippen molar-refractivity contribution in [3.8, 4) is 0 Å². The van der Waals surface area contributed by atoms with Crippen molar-refractivity contribution in [3.05, 3.63) is 53.1 Å². The first-order valence-electron chi connectivity index (χ1n) is 5.01. The Hall–Kier alpha value is -1.94. The van der Waals surface area contributed by atoms with E-state index < -0.39 is 0 Å². The van der Waals surface area contributed by atoms with Gasteiger partial charge in [0.15, 0.2) is 0 Å². The number of nitrogens with zero attached hydrogens (tertiary/aromatic N) is 2. The zero-order valence-corrected chi connectivity index (χ0v) is 9.90. The third-order valence-corrected chi connectivity index (χ3v) is 2.32. The summed E-state index contributed by atoms with van der Waals surface area (Å²) < 4.78 is 0. The maximum Gasteiger partial charge on any atom is 0.255 e. The number of hydrogen-bond donors (Lipinski definition) is 1. The lowest BCUT2D eigenvalue weighted by molar-refractivity contribution is 0.102. The molecule has 0 unspecified atom stereocenters. The fraction of sp³-hybridized carbons (Fsp3) is 0.0833. The van der Waals surface area contributed by atoms with E-state index in [9.17, 15) is 4.79 Å². The lowest BCUT2D eigenvalue weighted by atomic mass is 10.2. The summed E-state index contributed by atoms with van der Waals surface area (Å²) in [6, 6.07) is 6.65. The number of nitrogens with one attached hydrogen (secondary N) is 1. The summed E-state index contributed by atoms with van der Waals surface area (Å²) in [7, 11) is 0. The van der Waals surface area contributed by atoms with E-state index in [1.807, 2.05) is 0 Å². The van der Waals surface area contributed by atoms with Crippen LogP contribution in [0.3, 0.4) is 0 Å². The molecular weight excluding hydrogens is 238 g/mol. The highest BCUT2D eigenvalue weighted by Crippen LogP contribution is 2.12. The molecule has 5 heteroatoms. The van der Waals surface area contributed by atoms with Gasteiger partial charge in [0.1, 0.15) is 5.15 Å². The summed E-state index contributed by atoms with van der Waals surface area (Å²) in [5.74, 6) is -0.219. The molecule has 0 aliphatic heterocycles. The van der Waals surface area contributed by atoms with Crippen LogP contribution in [-0.4, -0.2) is 15.9 Å². The molecule has 0 aliphatic rings. The predicted molar refractivity (Wildman–Crippen MR) is 66.2 cm³/mol. The van der Waals surface area contributed by atoms with Gasteiger partial charge in [-0.3, -0.25) is 9.78 Å². The molecule has 17 heavy (non-hydrogen) atoms. The Bertz CT molecular complexity index is 522. The highest BCUT2D eigenvalue weighted by molar-refractivity contribution is 6.29. The van der Waals surface area contributed by atoms with Crippen molar-refractivity contribution in [2.75, 3.05) is 5.32 Å². The Labute approximate surface area is 104 Å². The van der Waals surface area contributed by atoms with Gasteiger partial charge < -0.3 is 5.32 Å². The third kappa shape index (κ3) is 3.01. The molecule has 2 rings (SSSR count). The smallest absolute Gasteiger partial charge is 0.255 e. The van der Waals surface area contributed by atoms with E-state index in [-0.39, 0.29) is 5.91 Å². The van der Waals surface area contributed by atoms with Crippen LogP contribution < -0.4 is 5.32 Å². The number of anilines is 1. The molecule has 0 aromatic carbocycles. The summed E-state index contributed by atoms with van der Waals surface area (Å²) in [5.41, 5.74) is 1.88. The van der Waals surface area contributed by atoms with Gasteiger partial charge in [-0.2, -0.15) is 0 Å². The van der Waals surface area contributed by atoms with Gasteiger partial charge in [-0.05, 0) is 31.2 Å². The molecule has 2 heterocycles. The molecular formula is C12H10ClN3O. The maximum atomic E-state index is 11.9. The van der Waals surface area contributed by atoms with E-state index in [2.05, 4.69) is 15.3 Å². The first-order chi connectivity index (χ1) is 8.15. The second-order valence-corrected chi connectivity index (χ2v) is 3.90. The molecule has 0 saturated heterocycles. The summed E-state index contributed by atoms with van der Waals surface area (Å²) in [6.07, 6.45) is 3.22. The average Bonchev–Trinajstić information content (AvgIpc) is 2.29. The summed E-state index contributed by atoms with van der Waals surface area (Å²) >= 11 is 5.80. The number of hydrogen-bond acceptors (Lipinski definition) is 3.